The number of benzene rings is 1. The Balaban J connectivity index is 1.90. The van der Waals surface area contributed by atoms with Gasteiger partial charge < -0.3 is 10.2 Å². The number of nitrogens with one attached hydrogen (secondary N) is 1. The van der Waals surface area contributed by atoms with Crippen LogP contribution in [0.1, 0.15) is 25.1 Å². The van der Waals surface area contributed by atoms with Crippen LogP contribution < -0.4 is 5.32 Å². The number of carbonyl (C=O) groups is 1. The molecule has 0 spiro atoms. The van der Waals surface area contributed by atoms with E-state index >= 15 is 0 Å². The summed E-state index contributed by atoms with van der Waals surface area (Å²) in [5, 5.41) is 2.95. The largest absolute Gasteiger partial charge is 0.324 e. The topological polar surface area (TPSA) is 45.2 Å². The van der Waals surface area contributed by atoms with Crippen LogP contribution in [0, 0.1) is 0 Å². The molecule has 2 rings (SSSR count). The predicted molar refractivity (Wildman–Crippen MR) is 90.0 cm³/mol. The Morgan fingerprint density at radius 1 is 1.14 bits per heavy atom. The molecule has 0 aliphatic heterocycles. The molecule has 4 nitrogen and oxygen atoms in total. The van der Waals surface area contributed by atoms with Gasteiger partial charge >= 0.3 is 6.03 Å². The molecule has 4 heteroatoms. The van der Waals surface area contributed by atoms with E-state index in [-0.39, 0.29) is 6.03 Å². The fraction of sp³-hybridized carbons (Fsp3) is 0.333. The van der Waals surface area contributed by atoms with Crippen LogP contribution in [-0.4, -0.2) is 29.0 Å². The minimum absolute atomic E-state index is 0.0670. The maximum Gasteiger partial charge on any atom is 0.321 e. The first-order valence-electron chi connectivity index (χ1n) is 7.77. The molecule has 0 bridgehead atoms. The first-order valence-corrected chi connectivity index (χ1v) is 7.77. The molecule has 1 aromatic carbocycles. The zero-order valence-electron chi connectivity index (χ0n) is 13.2. The van der Waals surface area contributed by atoms with Crippen molar-refractivity contribution >= 4 is 11.7 Å². The summed E-state index contributed by atoms with van der Waals surface area (Å²) in [6, 6.07) is 13.8. The molecule has 0 atom stereocenters. The van der Waals surface area contributed by atoms with E-state index in [4.69, 9.17) is 0 Å². The third-order valence-corrected chi connectivity index (χ3v) is 3.65. The second kappa shape index (κ2) is 8.17. The molecule has 0 saturated heterocycles. The smallest absolute Gasteiger partial charge is 0.321 e. The van der Waals surface area contributed by atoms with Crippen molar-refractivity contribution < 1.29 is 4.79 Å². The number of rotatable bonds is 6. The van der Waals surface area contributed by atoms with Gasteiger partial charge in [0.15, 0.2) is 0 Å². The monoisotopic (exact) mass is 297 g/mol. The molecule has 1 aromatic heterocycles. The highest BCUT2D eigenvalue weighted by molar-refractivity contribution is 5.89. The molecule has 2 aromatic rings. The first kappa shape index (κ1) is 16.0. The highest BCUT2D eigenvalue weighted by Gasteiger charge is 2.11. The van der Waals surface area contributed by atoms with Crippen LogP contribution in [0.4, 0.5) is 10.5 Å². The van der Waals surface area contributed by atoms with E-state index in [1.165, 1.54) is 5.56 Å². The number of anilines is 1. The fourth-order valence-electron chi connectivity index (χ4n) is 2.23. The van der Waals surface area contributed by atoms with E-state index in [0.717, 1.165) is 24.2 Å². The SMILES string of the molecule is CCc1ccc(NC(=O)N(CC)CCc2ccccn2)cc1. The van der Waals surface area contributed by atoms with Crippen LogP contribution in [0.5, 0.6) is 0 Å². The molecule has 0 unspecified atom stereocenters. The maximum atomic E-state index is 12.3. The molecular formula is C18H23N3O. The van der Waals surface area contributed by atoms with Gasteiger partial charge in [0.2, 0.25) is 0 Å². The van der Waals surface area contributed by atoms with Crippen molar-refractivity contribution in [3.8, 4) is 0 Å². The van der Waals surface area contributed by atoms with Crippen molar-refractivity contribution in [3.05, 3.63) is 59.9 Å². The summed E-state index contributed by atoms with van der Waals surface area (Å²) in [5.41, 5.74) is 3.10. The van der Waals surface area contributed by atoms with E-state index in [2.05, 4.69) is 17.2 Å². The fourth-order valence-corrected chi connectivity index (χ4v) is 2.23. The number of pyridine rings is 1. The van der Waals surface area contributed by atoms with Crippen LogP contribution in [0.3, 0.4) is 0 Å². The van der Waals surface area contributed by atoms with Crippen molar-refractivity contribution in [3.63, 3.8) is 0 Å². The van der Waals surface area contributed by atoms with Gasteiger partial charge in [-0.25, -0.2) is 4.79 Å². The van der Waals surface area contributed by atoms with Gasteiger partial charge in [-0.15, -0.1) is 0 Å². The zero-order valence-corrected chi connectivity index (χ0v) is 13.2. The van der Waals surface area contributed by atoms with E-state index in [0.29, 0.717) is 13.1 Å². The van der Waals surface area contributed by atoms with Crippen molar-refractivity contribution in [2.75, 3.05) is 18.4 Å². The summed E-state index contributed by atoms with van der Waals surface area (Å²) in [6.07, 6.45) is 3.54. The molecule has 1 heterocycles. The molecule has 0 radical (unpaired) electrons. The molecule has 2 amide bonds. The number of aromatic nitrogens is 1. The van der Waals surface area contributed by atoms with Gasteiger partial charge in [0, 0.05) is 37.1 Å². The highest BCUT2D eigenvalue weighted by atomic mass is 16.2. The summed E-state index contributed by atoms with van der Waals surface area (Å²) in [4.78, 5) is 18.4. The van der Waals surface area contributed by atoms with Crippen molar-refractivity contribution in [1.29, 1.82) is 0 Å². The summed E-state index contributed by atoms with van der Waals surface area (Å²) >= 11 is 0. The number of urea groups is 1. The maximum absolute atomic E-state index is 12.3. The third-order valence-electron chi connectivity index (χ3n) is 3.65. The summed E-state index contributed by atoms with van der Waals surface area (Å²) in [6.45, 7) is 5.43. The number of aryl methyl sites for hydroxylation is 1. The Bertz CT molecular complexity index is 581. The minimum atomic E-state index is -0.0670. The second-order valence-electron chi connectivity index (χ2n) is 5.13. The molecule has 0 fully saturated rings. The van der Waals surface area contributed by atoms with Gasteiger partial charge in [-0.05, 0) is 43.2 Å². The van der Waals surface area contributed by atoms with Crippen LogP contribution >= 0.6 is 0 Å². The Kier molecular flexibility index (Phi) is 5.95. The van der Waals surface area contributed by atoms with Gasteiger partial charge in [-0.3, -0.25) is 4.98 Å². The average Bonchev–Trinajstić information content (AvgIpc) is 2.57. The van der Waals surface area contributed by atoms with Crippen LogP contribution in [0.25, 0.3) is 0 Å². The summed E-state index contributed by atoms with van der Waals surface area (Å²) in [5.74, 6) is 0. The minimum Gasteiger partial charge on any atom is -0.324 e. The van der Waals surface area contributed by atoms with Crippen LogP contribution in [-0.2, 0) is 12.8 Å². The Morgan fingerprint density at radius 2 is 1.91 bits per heavy atom. The number of amides is 2. The number of hydrogen-bond acceptors (Lipinski definition) is 2. The average molecular weight is 297 g/mol. The molecule has 0 aliphatic carbocycles. The standard InChI is InChI=1S/C18H23N3O/c1-3-15-8-10-17(11-9-15)20-18(22)21(4-2)14-12-16-7-5-6-13-19-16/h5-11,13H,3-4,12,14H2,1-2H3,(H,20,22). The Morgan fingerprint density at radius 3 is 2.50 bits per heavy atom. The lowest BCUT2D eigenvalue weighted by atomic mass is 10.1. The number of nitrogens with zero attached hydrogens (tertiary/aromatic N) is 2. The van der Waals surface area contributed by atoms with Gasteiger partial charge in [0.05, 0.1) is 0 Å². The lowest BCUT2D eigenvalue weighted by Crippen LogP contribution is -2.36. The van der Waals surface area contributed by atoms with Crippen molar-refractivity contribution in [2.45, 2.75) is 26.7 Å². The van der Waals surface area contributed by atoms with Crippen molar-refractivity contribution in [2.24, 2.45) is 0 Å². The molecular weight excluding hydrogens is 274 g/mol. The van der Waals surface area contributed by atoms with E-state index < -0.39 is 0 Å². The van der Waals surface area contributed by atoms with Crippen LogP contribution in [0.2, 0.25) is 0 Å². The molecule has 116 valence electrons. The first-order chi connectivity index (χ1) is 10.7. The van der Waals surface area contributed by atoms with E-state index in [1.807, 2.05) is 49.4 Å². The van der Waals surface area contributed by atoms with Gasteiger partial charge in [-0.2, -0.15) is 0 Å². The van der Waals surface area contributed by atoms with Crippen molar-refractivity contribution in [1.82, 2.24) is 9.88 Å². The molecule has 1 N–H and O–H groups in total. The number of carbonyl (C=O) groups excluding carboxylic acids is 1. The lowest BCUT2D eigenvalue weighted by molar-refractivity contribution is 0.215. The normalized spacial score (nSPS) is 10.3. The molecule has 22 heavy (non-hydrogen) atoms. The lowest BCUT2D eigenvalue weighted by Gasteiger charge is -2.21. The highest BCUT2D eigenvalue weighted by Crippen LogP contribution is 2.11. The van der Waals surface area contributed by atoms with E-state index in [1.54, 1.807) is 11.1 Å². The van der Waals surface area contributed by atoms with Gasteiger partial charge in [-0.1, -0.05) is 25.1 Å². The number of hydrogen-bond donors (Lipinski definition) is 1. The van der Waals surface area contributed by atoms with Gasteiger partial charge in [0.25, 0.3) is 0 Å². The van der Waals surface area contributed by atoms with Crippen LogP contribution in [0.15, 0.2) is 48.7 Å². The molecule has 0 aliphatic rings. The van der Waals surface area contributed by atoms with Gasteiger partial charge in [0.1, 0.15) is 0 Å². The quantitative estimate of drug-likeness (QED) is 0.882. The second-order valence-corrected chi connectivity index (χ2v) is 5.13. The molecule has 0 saturated carbocycles. The Hall–Kier alpha value is -2.36. The number of likely N-dealkylation sites (N-methyl/N-ethyl adjacent to an activating group) is 1. The Labute approximate surface area is 132 Å². The summed E-state index contributed by atoms with van der Waals surface area (Å²) < 4.78 is 0. The third kappa shape index (κ3) is 4.58. The summed E-state index contributed by atoms with van der Waals surface area (Å²) in [7, 11) is 0. The predicted octanol–water partition coefficient (Wildman–Crippen LogP) is 3.74. The zero-order chi connectivity index (χ0) is 15.8. The van der Waals surface area contributed by atoms with E-state index in [9.17, 15) is 4.79 Å².